The lowest BCUT2D eigenvalue weighted by Crippen LogP contribution is -2.37. The third-order valence-corrected chi connectivity index (χ3v) is 3.16. The summed E-state index contributed by atoms with van der Waals surface area (Å²) in [6, 6.07) is -0.175. The molecule has 1 atom stereocenters. The lowest BCUT2D eigenvalue weighted by atomic mass is 10.2. The normalized spacial score (nSPS) is 20.7. The summed E-state index contributed by atoms with van der Waals surface area (Å²) in [5, 5.41) is 25.3. The van der Waals surface area contributed by atoms with Crippen molar-refractivity contribution in [3.63, 3.8) is 0 Å². The van der Waals surface area contributed by atoms with Crippen LogP contribution >= 0.6 is 11.8 Å². The number of aliphatic hydroxyl groups excluding tert-OH is 1. The van der Waals surface area contributed by atoms with Gasteiger partial charge in [0.05, 0.1) is 18.1 Å². The zero-order chi connectivity index (χ0) is 12.7. The van der Waals surface area contributed by atoms with Gasteiger partial charge >= 0.3 is 0 Å². The highest BCUT2D eigenvalue weighted by Crippen LogP contribution is 2.16. The van der Waals surface area contributed by atoms with E-state index in [1.165, 1.54) is 11.9 Å². The summed E-state index contributed by atoms with van der Waals surface area (Å²) in [4.78, 5) is 15.8. The molecule has 0 radical (unpaired) electrons. The minimum atomic E-state index is -0.175. The summed E-state index contributed by atoms with van der Waals surface area (Å²) in [6.45, 7) is 2.19. The molecule has 1 fully saturated rings. The molecule has 0 bridgehead atoms. The fraction of sp³-hybridized carbons (Fsp3) is 0.889. The summed E-state index contributed by atoms with van der Waals surface area (Å²) in [6.07, 6.45) is 1.64. The molecule has 0 aliphatic carbocycles. The van der Waals surface area contributed by atoms with E-state index in [1.807, 2.05) is 0 Å². The number of hydrogen-bond donors (Lipinski definition) is 1. The molecule has 1 saturated heterocycles. The van der Waals surface area contributed by atoms with Gasteiger partial charge in [0.25, 0.3) is 0 Å². The molecule has 17 heavy (non-hydrogen) atoms. The summed E-state index contributed by atoms with van der Waals surface area (Å²) >= 11 is 1.12. The Kier molecular flexibility index (Phi) is 6.06. The average Bonchev–Trinajstić information content (AvgIpc) is 2.75. The summed E-state index contributed by atoms with van der Waals surface area (Å²) in [5.41, 5.74) is 0. The Labute approximate surface area is 104 Å². The molecular weight excluding hydrogens is 246 g/mol. The highest BCUT2D eigenvalue weighted by molar-refractivity contribution is 8.13. The van der Waals surface area contributed by atoms with Gasteiger partial charge in [0, 0.05) is 12.7 Å². The third kappa shape index (κ3) is 4.78. The van der Waals surface area contributed by atoms with E-state index in [9.17, 15) is 10.0 Å². The number of rotatable bonds is 6. The number of carbonyl (C=O) groups is 1. The lowest BCUT2D eigenvalue weighted by molar-refractivity contribution is -0.714. The monoisotopic (exact) mass is 263 g/mol. The number of nitrogens with zero attached hydrogens (tertiary/aromatic N) is 3. The number of carbonyl (C=O) groups excluding carboxylic acids is 1. The lowest BCUT2D eigenvalue weighted by Gasteiger charge is -2.17. The van der Waals surface area contributed by atoms with Crippen molar-refractivity contribution in [2.75, 3.05) is 25.5 Å². The van der Waals surface area contributed by atoms with Crippen LogP contribution in [0.15, 0.2) is 5.28 Å². The van der Waals surface area contributed by atoms with Gasteiger partial charge in [-0.25, -0.2) is 0 Å². The van der Waals surface area contributed by atoms with Gasteiger partial charge in [-0.05, 0) is 12.8 Å². The summed E-state index contributed by atoms with van der Waals surface area (Å²) in [7, 11) is 0. The van der Waals surface area contributed by atoms with Crippen LogP contribution in [-0.2, 0) is 9.63 Å². The standard InChI is InChI=1S/C9H17N3O4S/c1-8(14)17-6-5-16-10-12(15)11-4-2-3-9(11)7-13/h9,13H,2-7H2,1H3/b12-10-/t9-/m0/s1. The molecule has 7 nitrogen and oxygen atoms in total. The molecule has 0 unspecified atom stereocenters. The van der Waals surface area contributed by atoms with E-state index in [2.05, 4.69) is 5.28 Å². The van der Waals surface area contributed by atoms with Crippen LogP contribution in [-0.4, -0.2) is 51.8 Å². The van der Waals surface area contributed by atoms with Crippen LogP contribution in [0, 0.1) is 5.21 Å². The van der Waals surface area contributed by atoms with Crippen LogP contribution in [0.5, 0.6) is 0 Å². The zero-order valence-corrected chi connectivity index (χ0v) is 10.6. The van der Waals surface area contributed by atoms with Gasteiger partial charge in [-0.15, -0.1) is 5.01 Å². The largest absolute Gasteiger partial charge is 0.569 e. The fourth-order valence-corrected chi connectivity index (χ4v) is 2.04. The van der Waals surface area contributed by atoms with Crippen LogP contribution < -0.4 is 0 Å². The molecule has 0 saturated carbocycles. The summed E-state index contributed by atoms with van der Waals surface area (Å²) in [5.74, 6) is 0.468. The van der Waals surface area contributed by atoms with Crippen LogP contribution in [0.1, 0.15) is 19.8 Å². The molecule has 1 heterocycles. The number of thioether (sulfide) groups is 1. The van der Waals surface area contributed by atoms with Crippen molar-refractivity contribution in [1.29, 1.82) is 0 Å². The predicted molar refractivity (Wildman–Crippen MR) is 62.0 cm³/mol. The Balaban J connectivity index is 2.26. The Morgan fingerprint density at radius 1 is 1.76 bits per heavy atom. The van der Waals surface area contributed by atoms with Crippen LogP contribution in [0.2, 0.25) is 0 Å². The van der Waals surface area contributed by atoms with Gasteiger partial charge in [0.1, 0.15) is 12.6 Å². The molecule has 1 aliphatic heterocycles. The molecule has 0 aromatic heterocycles. The SMILES string of the molecule is CC(=O)SCCO/N=[N+](\[O-])N1CCC[C@H]1CO. The second-order valence-corrected chi connectivity index (χ2v) is 4.92. The molecule has 1 N–H and O–H groups in total. The first-order chi connectivity index (χ1) is 8.15. The topological polar surface area (TPSA) is 88.2 Å². The Morgan fingerprint density at radius 2 is 2.53 bits per heavy atom. The predicted octanol–water partition coefficient (Wildman–Crippen LogP) is 0.532. The maximum atomic E-state index is 11.5. The highest BCUT2D eigenvalue weighted by atomic mass is 32.2. The van der Waals surface area contributed by atoms with Crippen molar-refractivity contribution >= 4 is 16.9 Å². The first-order valence-corrected chi connectivity index (χ1v) is 6.44. The quantitative estimate of drug-likeness (QED) is 0.325. The smallest absolute Gasteiger partial charge is 0.233 e. The van der Waals surface area contributed by atoms with Crippen molar-refractivity contribution < 1.29 is 19.7 Å². The first-order valence-electron chi connectivity index (χ1n) is 5.46. The minimum Gasteiger partial charge on any atom is -0.569 e. The van der Waals surface area contributed by atoms with Crippen LogP contribution in [0.4, 0.5) is 0 Å². The Morgan fingerprint density at radius 3 is 3.18 bits per heavy atom. The van der Waals surface area contributed by atoms with E-state index in [0.717, 1.165) is 24.6 Å². The van der Waals surface area contributed by atoms with Crippen molar-refractivity contribution in [3.05, 3.63) is 5.21 Å². The molecule has 8 heteroatoms. The van der Waals surface area contributed by atoms with Crippen molar-refractivity contribution in [2.24, 2.45) is 5.28 Å². The first kappa shape index (κ1) is 14.0. The molecule has 98 valence electrons. The fourth-order valence-electron chi connectivity index (χ4n) is 1.59. The Bertz CT molecular complexity index is 287. The molecule has 0 spiro atoms. The van der Waals surface area contributed by atoms with Gasteiger partial charge in [-0.3, -0.25) is 4.79 Å². The maximum Gasteiger partial charge on any atom is 0.233 e. The molecular formula is C9H17N3O4S. The van der Waals surface area contributed by atoms with Gasteiger partial charge < -0.3 is 15.2 Å². The second kappa shape index (κ2) is 7.33. The maximum absolute atomic E-state index is 11.5. The van der Waals surface area contributed by atoms with E-state index < -0.39 is 0 Å². The van der Waals surface area contributed by atoms with Crippen LogP contribution in [0.3, 0.4) is 0 Å². The van der Waals surface area contributed by atoms with E-state index >= 15 is 0 Å². The molecule has 1 aliphatic rings. The number of hydrogen-bond acceptors (Lipinski definition) is 6. The molecule has 0 aromatic rings. The minimum absolute atomic E-state index is 0.00691. The van der Waals surface area contributed by atoms with Crippen LogP contribution in [0.25, 0.3) is 0 Å². The van der Waals surface area contributed by atoms with E-state index in [0.29, 0.717) is 17.3 Å². The van der Waals surface area contributed by atoms with Gasteiger partial charge in [-0.2, -0.15) is 0 Å². The Hall–Kier alpha value is -1.02. The summed E-state index contributed by atoms with van der Waals surface area (Å²) < 4.78 is 0. The van der Waals surface area contributed by atoms with E-state index in [-0.39, 0.29) is 24.4 Å². The third-order valence-electron chi connectivity index (χ3n) is 2.38. The zero-order valence-electron chi connectivity index (χ0n) is 9.74. The average molecular weight is 263 g/mol. The van der Waals surface area contributed by atoms with Gasteiger partial charge in [0.2, 0.25) is 5.28 Å². The number of hydrazine groups is 1. The van der Waals surface area contributed by atoms with Gasteiger partial charge in [0.15, 0.2) is 5.12 Å². The highest BCUT2D eigenvalue weighted by Gasteiger charge is 2.30. The van der Waals surface area contributed by atoms with Crippen molar-refractivity contribution in [3.8, 4) is 0 Å². The van der Waals surface area contributed by atoms with Crippen molar-refractivity contribution in [1.82, 2.24) is 5.01 Å². The second-order valence-electron chi connectivity index (χ2n) is 3.65. The molecule has 0 aromatic carbocycles. The molecule has 0 amide bonds. The molecule has 1 rings (SSSR count). The van der Waals surface area contributed by atoms with Crippen molar-refractivity contribution in [2.45, 2.75) is 25.8 Å². The van der Waals surface area contributed by atoms with E-state index in [4.69, 9.17) is 9.94 Å². The van der Waals surface area contributed by atoms with E-state index in [1.54, 1.807) is 0 Å². The van der Waals surface area contributed by atoms with Gasteiger partial charge in [-0.1, -0.05) is 11.8 Å². The number of aliphatic hydroxyl groups is 1.